The van der Waals surface area contributed by atoms with E-state index in [1.165, 1.54) is 12.1 Å². The number of halogens is 4. The van der Waals surface area contributed by atoms with Gasteiger partial charge in [0.25, 0.3) is 0 Å². The normalized spacial score (nSPS) is 11.7. The molecule has 0 spiro atoms. The summed E-state index contributed by atoms with van der Waals surface area (Å²) in [6, 6.07) is 5.94. The summed E-state index contributed by atoms with van der Waals surface area (Å²) in [6.07, 6.45) is 0. The van der Waals surface area contributed by atoms with E-state index in [0.717, 1.165) is 16.4 Å². The minimum absolute atomic E-state index is 0.0457. The maximum atomic E-state index is 14.3. The van der Waals surface area contributed by atoms with Crippen molar-refractivity contribution < 1.29 is 21.6 Å². The first-order valence-electron chi connectivity index (χ1n) is 7.87. The fourth-order valence-corrected chi connectivity index (χ4v) is 4.00. The van der Waals surface area contributed by atoms with Crippen LogP contribution in [0.15, 0.2) is 30.3 Å². The van der Waals surface area contributed by atoms with Crippen LogP contribution >= 0.6 is 22.6 Å². The highest BCUT2D eigenvalue weighted by Gasteiger charge is 2.23. The van der Waals surface area contributed by atoms with Gasteiger partial charge in [0.15, 0.2) is 11.6 Å². The van der Waals surface area contributed by atoms with Gasteiger partial charge in [0, 0.05) is 23.2 Å². The fourth-order valence-electron chi connectivity index (χ4n) is 2.28. The molecule has 0 atom stereocenters. The predicted molar refractivity (Wildman–Crippen MR) is 108 cm³/mol. The lowest BCUT2D eigenvalue weighted by Crippen LogP contribution is -2.39. The zero-order chi connectivity index (χ0) is 20.2. The summed E-state index contributed by atoms with van der Waals surface area (Å²) in [7, 11) is -4.07. The second-order valence-corrected chi connectivity index (χ2v) is 8.34. The Kier molecular flexibility index (Phi) is 7.31. The molecule has 4 N–H and O–H groups in total. The lowest BCUT2D eigenvalue weighted by molar-refractivity contribution is 0.439. The van der Waals surface area contributed by atoms with E-state index in [4.69, 9.17) is 5.73 Å². The lowest BCUT2D eigenvalue weighted by atomic mass is 10.2. The van der Waals surface area contributed by atoms with E-state index in [0.29, 0.717) is 3.57 Å². The molecule has 0 saturated heterocycles. The molecule has 0 fully saturated rings. The molecule has 0 radical (unpaired) electrons. The Morgan fingerprint density at radius 1 is 1.11 bits per heavy atom. The zero-order valence-corrected chi connectivity index (χ0v) is 17.2. The Bertz CT molecular complexity index is 928. The topological polar surface area (TPSA) is 87.5 Å². The molecule has 0 unspecified atom stereocenters. The first-order chi connectivity index (χ1) is 12.7. The van der Waals surface area contributed by atoms with Gasteiger partial charge < -0.3 is 11.1 Å². The molecule has 148 valence electrons. The van der Waals surface area contributed by atoms with Crippen LogP contribution in [-0.4, -0.2) is 32.4 Å². The molecule has 0 amide bonds. The van der Waals surface area contributed by atoms with Crippen molar-refractivity contribution in [2.45, 2.75) is 6.92 Å². The molecular weight excluding hydrogens is 496 g/mol. The molecule has 0 saturated carbocycles. The summed E-state index contributed by atoms with van der Waals surface area (Å²) >= 11 is 1.90. The molecule has 0 aliphatic heterocycles. The van der Waals surface area contributed by atoms with Gasteiger partial charge in [-0.25, -0.2) is 13.2 Å². The van der Waals surface area contributed by atoms with Gasteiger partial charge >= 0.3 is 10.2 Å². The number of anilines is 3. The molecule has 0 aromatic heterocycles. The van der Waals surface area contributed by atoms with Crippen LogP contribution in [0, 0.1) is 21.0 Å². The highest BCUT2D eigenvalue weighted by Crippen LogP contribution is 2.32. The minimum Gasteiger partial charge on any atom is -0.349 e. The van der Waals surface area contributed by atoms with Crippen LogP contribution in [0.25, 0.3) is 0 Å². The van der Waals surface area contributed by atoms with Crippen LogP contribution in [0.5, 0.6) is 0 Å². The van der Waals surface area contributed by atoms with Crippen molar-refractivity contribution in [1.82, 2.24) is 4.31 Å². The SMILES string of the molecule is CCN(CCN)S(=O)(=O)Nc1ccc(F)c(F)c1Nc1ccc(I)cc1F. The first-order valence-corrected chi connectivity index (χ1v) is 10.4. The molecule has 0 aliphatic rings. The summed E-state index contributed by atoms with van der Waals surface area (Å²) in [5.74, 6) is -3.24. The van der Waals surface area contributed by atoms with Crippen LogP contribution in [0.1, 0.15) is 6.92 Å². The number of hydrogen-bond acceptors (Lipinski definition) is 4. The van der Waals surface area contributed by atoms with Gasteiger partial charge in [-0.2, -0.15) is 12.7 Å². The molecule has 2 aromatic rings. The number of nitrogens with zero attached hydrogens (tertiary/aromatic N) is 1. The van der Waals surface area contributed by atoms with E-state index >= 15 is 0 Å². The molecule has 11 heteroatoms. The van der Waals surface area contributed by atoms with E-state index in [1.54, 1.807) is 13.0 Å². The van der Waals surface area contributed by atoms with Gasteiger partial charge in [0.05, 0.1) is 11.4 Å². The number of likely N-dealkylation sites (N-methyl/N-ethyl adjacent to an activating group) is 1. The minimum atomic E-state index is -4.07. The standard InChI is InChI=1S/C16H18F3IN4O2S/c1-2-24(8-7-21)27(25,26)23-14-6-4-11(17)15(19)16(14)22-13-5-3-10(20)9-12(13)18/h3-6,9,22-23H,2,7-8,21H2,1H3. The molecule has 2 aromatic carbocycles. The van der Waals surface area contributed by atoms with Crippen molar-refractivity contribution in [2.24, 2.45) is 5.73 Å². The van der Waals surface area contributed by atoms with Crippen LogP contribution in [0.4, 0.5) is 30.2 Å². The smallest absolute Gasteiger partial charge is 0.301 e. The highest BCUT2D eigenvalue weighted by atomic mass is 127. The summed E-state index contributed by atoms with van der Waals surface area (Å²) in [5, 5.41) is 2.43. The van der Waals surface area contributed by atoms with Crippen molar-refractivity contribution in [3.63, 3.8) is 0 Å². The van der Waals surface area contributed by atoms with E-state index in [1.807, 2.05) is 22.6 Å². The Balaban J connectivity index is 2.45. The number of benzene rings is 2. The first kappa shape index (κ1) is 21.7. The average Bonchev–Trinajstić information content (AvgIpc) is 2.60. The van der Waals surface area contributed by atoms with Crippen molar-refractivity contribution in [2.75, 3.05) is 29.7 Å². The Labute approximate surface area is 169 Å². The van der Waals surface area contributed by atoms with Crippen LogP contribution in [0.3, 0.4) is 0 Å². The molecule has 2 rings (SSSR count). The Morgan fingerprint density at radius 2 is 1.78 bits per heavy atom. The summed E-state index contributed by atoms with van der Waals surface area (Å²) in [6.45, 7) is 1.88. The third kappa shape index (κ3) is 5.24. The van der Waals surface area contributed by atoms with Crippen molar-refractivity contribution >= 4 is 49.9 Å². The van der Waals surface area contributed by atoms with E-state index in [2.05, 4.69) is 10.0 Å². The van der Waals surface area contributed by atoms with Gasteiger partial charge in [0.2, 0.25) is 0 Å². The van der Waals surface area contributed by atoms with Crippen LogP contribution < -0.4 is 15.8 Å². The van der Waals surface area contributed by atoms with Gasteiger partial charge in [0.1, 0.15) is 11.5 Å². The maximum absolute atomic E-state index is 14.3. The lowest BCUT2D eigenvalue weighted by Gasteiger charge is -2.22. The van der Waals surface area contributed by atoms with Gasteiger partial charge in [-0.05, 0) is 52.9 Å². The molecule has 0 aliphatic carbocycles. The van der Waals surface area contributed by atoms with E-state index in [9.17, 15) is 21.6 Å². The van der Waals surface area contributed by atoms with Crippen LogP contribution in [-0.2, 0) is 10.2 Å². The molecule has 0 heterocycles. The third-order valence-corrected chi connectivity index (χ3v) is 5.87. The molecule has 0 bridgehead atoms. The third-order valence-electron chi connectivity index (χ3n) is 3.60. The number of nitrogens with one attached hydrogen (secondary N) is 2. The van der Waals surface area contributed by atoms with Crippen molar-refractivity contribution in [1.29, 1.82) is 0 Å². The summed E-state index contributed by atoms with van der Waals surface area (Å²) in [5.41, 5.74) is 4.48. The Morgan fingerprint density at radius 3 is 2.37 bits per heavy atom. The largest absolute Gasteiger partial charge is 0.349 e. The quantitative estimate of drug-likeness (QED) is 0.472. The van der Waals surface area contributed by atoms with Gasteiger partial charge in [-0.1, -0.05) is 6.92 Å². The molecule has 6 nitrogen and oxygen atoms in total. The van der Waals surface area contributed by atoms with Crippen molar-refractivity contribution in [3.05, 3.63) is 51.4 Å². The number of rotatable bonds is 8. The average molecular weight is 514 g/mol. The fraction of sp³-hybridized carbons (Fsp3) is 0.250. The predicted octanol–water partition coefficient (Wildman–Crippen LogP) is 3.39. The van der Waals surface area contributed by atoms with Gasteiger partial charge in [-0.15, -0.1) is 0 Å². The second kappa shape index (κ2) is 9.08. The molecular formula is C16H18F3IN4O2S. The maximum Gasteiger partial charge on any atom is 0.301 e. The number of nitrogens with two attached hydrogens (primary N) is 1. The van der Waals surface area contributed by atoms with Crippen LogP contribution in [0.2, 0.25) is 0 Å². The zero-order valence-electron chi connectivity index (χ0n) is 14.3. The summed E-state index contributed by atoms with van der Waals surface area (Å²) in [4.78, 5) is 0. The highest BCUT2D eigenvalue weighted by molar-refractivity contribution is 14.1. The summed E-state index contributed by atoms with van der Waals surface area (Å²) < 4.78 is 70.9. The van der Waals surface area contributed by atoms with Gasteiger partial charge in [-0.3, -0.25) is 4.72 Å². The van der Waals surface area contributed by atoms with Crippen molar-refractivity contribution in [3.8, 4) is 0 Å². The van der Waals surface area contributed by atoms with E-state index in [-0.39, 0.29) is 31.0 Å². The number of hydrogen-bond donors (Lipinski definition) is 3. The Hall–Kier alpha value is -1.57. The second-order valence-electron chi connectivity index (χ2n) is 5.42. The molecule has 27 heavy (non-hydrogen) atoms. The monoisotopic (exact) mass is 514 g/mol. The van der Waals surface area contributed by atoms with E-state index < -0.39 is 33.3 Å².